The summed E-state index contributed by atoms with van der Waals surface area (Å²) in [5.41, 5.74) is 7.76. The Kier molecular flexibility index (Phi) is 5.20. The standard InChI is InChI=1S/C31H27NO/c1-3-9-22(10-4-1)21-33-30-15-7-11-23-16-17-26-24-12-8-13-27(29-14-5-2-6-20-32-29)25(24)18-19-28(26)31(23)30/h1-7,9-12,14-15,17-20,27,32H,8,13,16,21H2. The van der Waals surface area contributed by atoms with Crippen molar-refractivity contribution >= 4 is 12.2 Å². The molecule has 0 saturated heterocycles. The van der Waals surface area contributed by atoms with Crippen LogP contribution in [0.2, 0.25) is 0 Å². The van der Waals surface area contributed by atoms with Gasteiger partial charge < -0.3 is 10.1 Å². The second-order valence-electron chi connectivity index (χ2n) is 8.85. The third-order valence-corrected chi connectivity index (χ3v) is 6.86. The zero-order valence-corrected chi connectivity index (χ0v) is 18.6. The van der Waals surface area contributed by atoms with Crippen LogP contribution >= 0.6 is 0 Å². The van der Waals surface area contributed by atoms with Crippen molar-refractivity contribution in [1.29, 1.82) is 0 Å². The summed E-state index contributed by atoms with van der Waals surface area (Å²) >= 11 is 0. The summed E-state index contributed by atoms with van der Waals surface area (Å²) < 4.78 is 6.36. The van der Waals surface area contributed by atoms with Gasteiger partial charge in [0.15, 0.2) is 0 Å². The molecule has 0 aromatic heterocycles. The maximum absolute atomic E-state index is 6.36. The molecule has 1 heterocycles. The molecule has 1 aliphatic heterocycles. The van der Waals surface area contributed by atoms with Gasteiger partial charge in [0.2, 0.25) is 0 Å². The second-order valence-corrected chi connectivity index (χ2v) is 8.85. The van der Waals surface area contributed by atoms with Crippen molar-refractivity contribution in [1.82, 2.24) is 5.32 Å². The van der Waals surface area contributed by atoms with Crippen LogP contribution in [-0.4, -0.2) is 0 Å². The van der Waals surface area contributed by atoms with Crippen molar-refractivity contribution in [3.8, 4) is 16.9 Å². The summed E-state index contributed by atoms with van der Waals surface area (Å²) in [6.45, 7) is 0.580. The molecule has 3 aromatic carbocycles. The van der Waals surface area contributed by atoms with Crippen LogP contribution in [0.1, 0.15) is 35.4 Å². The molecule has 2 nitrogen and oxygen atoms in total. The molecule has 2 heteroatoms. The number of rotatable bonds is 4. The molecule has 0 fully saturated rings. The number of hydrogen-bond acceptors (Lipinski definition) is 2. The highest BCUT2D eigenvalue weighted by Crippen LogP contribution is 2.36. The summed E-state index contributed by atoms with van der Waals surface area (Å²) in [5, 5.41) is 6.26. The summed E-state index contributed by atoms with van der Waals surface area (Å²) in [6.07, 6.45) is 18.5. The van der Waals surface area contributed by atoms with Gasteiger partial charge in [0.25, 0.3) is 0 Å². The highest BCUT2D eigenvalue weighted by Gasteiger charge is 2.24. The largest absolute Gasteiger partial charge is 0.488 e. The Hall–Kier alpha value is -3.78. The van der Waals surface area contributed by atoms with E-state index in [0.29, 0.717) is 12.5 Å². The zero-order chi connectivity index (χ0) is 22.0. The topological polar surface area (TPSA) is 21.3 Å². The summed E-state index contributed by atoms with van der Waals surface area (Å²) in [6, 6.07) is 21.5. The molecule has 0 radical (unpaired) electrons. The Labute approximate surface area is 194 Å². The van der Waals surface area contributed by atoms with Crippen LogP contribution in [0.25, 0.3) is 23.3 Å². The first-order valence-electron chi connectivity index (χ1n) is 11.8. The summed E-state index contributed by atoms with van der Waals surface area (Å²) in [5.74, 6) is 1.36. The predicted octanol–water partition coefficient (Wildman–Crippen LogP) is 5.48. The van der Waals surface area contributed by atoms with Gasteiger partial charge >= 0.3 is 0 Å². The maximum atomic E-state index is 6.36. The number of ether oxygens (including phenoxy) is 1. The average molecular weight is 430 g/mol. The van der Waals surface area contributed by atoms with Crippen LogP contribution in [0.4, 0.5) is 0 Å². The maximum Gasteiger partial charge on any atom is 0.127 e. The van der Waals surface area contributed by atoms with E-state index in [-0.39, 0.29) is 0 Å². The first kappa shape index (κ1) is 19.9. The van der Waals surface area contributed by atoms with Crippen LogP contribution in [-0.2, 0) is 13.0 Å². The lowest BCUT2D eigenvalue weighted by atomic mass is 9.81. The lowest BCUT2D eigenvalue weighted by Gasteiger charge is -2.26. The highest BCUT2D eigenvalue weighted by atomic mass is 16.5. The predicted molar refractivity (Wildman–Crippen MR) is 136 cm³/mol. The van der Waals surface area contributed by atoms with Gasteiger partial charge in [-0.3, -0.25) is 0 Å². The van der Waals surface area contributed by atoms with E-state index in [1.807, 2.05) is 18.3 Å². The van der Waals surface area contributed by atoms with Crippen molar-refractivity contribution < 1.29 is 4.74 Å². The third kappa shape index (κ3) is 3.72. The molecule has 33 heavy (non-hydrogen) atoms. The first-order valence-corrected chi connectivity index (χ1v) is 11.8. The van der Waals surface area contributed by atoms with E-state index >= 15 is 0 Å². The number of allylic oxidation sites excluding steroid dienone is 5. The fraction of sp³-hybridized carbons (Fsp3) is 0.161. The Bertz CT molecular complexity index is 1410. The Morgan fingerprint density at radius 3 is 2.73 bits per heavy atom. The molecular formula is C31H27NO. The van der Waals surface area contributed by atoms with Crippen LogP contribution in [0.15, 0.2) is 96.9 Å². The molecule has 0 amide bonds. The van der Waals surface area contributed by atoms with E-state index in [1.54, 1.807) is 0 Å². The minimum absolute atomic E-state index is 0.391. The minimum atomic E-state index is 0.391. The Morgan fingerprint density at radius 2 is 1.79 bits per heavy atom. The van der Waals surface area contributed by atoms with Gasteiger partial charge in [-0.25, -0.2) is 0 Å². The third-order valence-electron chi connectivity index (χ3n) is 6.86. The molecule has 0 bridgehead atoms. The molecule has 0 saturated carbocycles. The molecule has 162 valence electrons. The minimum Gasteiger partial charge on any atom is -0.488 e. The lowest BCUT2D eigenvalue weighted by molar-refractivity contribution is 0.307. The summed E-state index contributed by atoms with van der Waals surface area (Å²) in [7, 11) is 0. The van der Waals surface area contributed by atoms with Gasteiger partial charge in [-0.2, -0.15) is 0 Å². The Morgan fingerprint density at radius 1 is 0.848 bits per heavy atom. The van der Waals surface area contributed by atoms with Gasteiger partial charge in [-0.15, -0.1) is 0 Å². The smallest absolute Gasteiger partial charge is 0.127 e. The lowest BCUT2D eigenvalue weighted by Crippen LogP contribution is -2.36. The van der Waals surface area contributed by atoms with Gasteiger partial charge in [0, 0.05) is 23.4 Å². The van der Waals surface area contributed by atoms with Crippen molar-refractivity contribution in [3.05, 3.63) is 124 Å². The molecule has 2 aliphatic carbocycles. The second kappa shape index (κ2) is 8.63. The van der Waals surface area contributed by atoms with Gasteiger partial charge in [0.1, 0.15) is 12.4 Å². The van der Waals surface area contributed by atoms with Gasteiger partial charge in [-0.05, 0) is 70.2 Å². The van der Waals surface area contributed by atoms with Crippen molar-refractivity contribution in [2.24, 2.45) is 0 Å². The van der Waals surface area contributed by atoms with E-state index in [0.717, 1.165) is 25.0 Å². The number of nitrogens with one attached hydrogen (secondary N) is 1. The molecule has 3 aromatic rings. The van der Waals surface area contributed by atoms with E-state index in [4.69, 9.17) is 4.74 Å². The van der Waals surface area contributed by atoms with Crippen LogP contribution in [0.5, 0.6) is 5.75 Å². The molecule has 6 rings (SSSR count). The van der Waals surface area contributed by atoms with Crippen LogP contribution in [0, 0.1) is 0 Å². The highest BCUT2D eigenvalue weighted by molar-refractivity contribution is 5.79. The van der Waals surface area contributed by atoms with E-state index in [1.165, 1.54) is 44.0 Å². The number of fused-ring (bicyclic) bond motifs is 5. The molecule has 1 atom stereocenters. The van der Waals surface area contributed by atoms with Gasteiger partial charge in [0.05, 0.1) is 0 Å². The number of hydrogen-bond donors (Lipinski definition) is 1. The van der Waals surface area contributed by atoms with E-state index < -0.39 is 0 Å². The molecule has 0 spiro atoms. The normalized spacial score (nSPS) is 17.8. The molecule has 3 aliphatic rings. The number of benzene rings is 3. The first-order chi connectivity index (χ1) is 16.4. The SMILES string of the molecule is C1=CC=C(C2CCC=c3c2ccc2c3=CCc3cccc(OCc4ccccc4)c3-2)NC=C1. The zero-order valence-electron chi connectivity index (χ0n) is 18.6. The van der Waals surface area contributed by atoms with Crippen molar-refractivity contribution in [2.45, 2.75) is 31.8 Å². The van der Waals surface area contributed by atoms with Gasteiger partial charge in [-0.1, -0.05) is 78.9 Å². The molecule has 1 N–H and O–H groups in total. The van der Waals surface area contributed by atoms with Crippen molar-refractivity contribution in [3.63, 3.8) is 0 Å². The summed E-state index contributed by atoms with van der Waals surface area (Å²) in [4.78, 5) is 0. The van der Waals surface area contributed by atoms with Crippen LogP contribution in [0.3, 0.4) is 0 Å². The van der Waals surface area contributed by atoms with E-state index in [9.17, 15) is 0 Å². The Balaban J connectivity index is 1.42. The monoisotopic (exact) mass is 429 g/mol. The average Bonchev–Trinajstić information content (AvgIpc) is 3.17. The molecular weight excluding hydrogens is 402 g/mol. The fourth-order valence-electron chi connectivity index (χ4n) is 5.30. The van der Waals surface area contributed by atoms with E-state index in [2.05, 4.69) is 90.3 Å². The quantitative estimate of drug-likeness (QED) is 0.593. The van der Waals surface area contributed by atoms with Crippen LogP contribution < -0.4 is 20.5 Å². The van der Waals surface area contributed by atoms with Crippen molar-refractivity contribution in [2.75, 3.05) is 0 Å². The fourth-order valence-corrected chi connectivity index (χ4v) is 5.30. The molecule has 1 unspecified atom stereocenters.